The molecule has 21 heavy (non-hydrogen) atoms. The monoisotopic (exact) mass is 289 g/mol. The van der Waals surface area contributed by atoms with Crippen molar-refractivity contribution in [1.29, 1.82) is 0 Å². The Morgan fingerprint density at radius 2 is 2.05 bits per heavy atom. The maximum atomic E-state index is 12.1. The minimum Gasteiger partial charge on any atom is -0.484 e. The van der Waals surface area contributed by atoms with Crippen LogP contribution in [0, 0.1) is 25.7 Å². The Morgan fingerprint density at radius 3 is 2.76 bits per heavy atom. The Hall–Kier alpha value is -1.51. The SMILES string of the molecule is Cc1ccc(OCC(=O)NC2CCCC(C)C2C)c(C)c1. The standard InChI is InChI=1S/C18H27NO2/c1-12-8-9-17(14(3)10-12)21-11-18(20)19-16-7-5-6-13(2)15(16)4/h8-10,13,15-16H,5-7,11H2,1-4H3,(H,19,20). The van der Waals surface area contributed by atoms with Gasteiger partial charge in [-0.2, -0.15) is 0 Å². The Balaban J connectivity index is 1.84. The normalized spacial score (nSPS) is 25.4. The molecule has 0 bridgehead atoms. The van der Waals surface area contributed by atoms with Crippen LogP contribution in [0.1, 0.15) is 44.2 Å². The number of carbonyl (C=O) groups is 1. The second kappa shape index (κ2) is 6.97. The molecule has 1 fully saturated rings. The van der Waals surface area contributed by atoms with E-state index in [9.17, 15) is 4.79 Å². The van der Waals surface area contributed by atoms with Gasteiger partial charge in [0.15, 0.2) is 6.61 Å². The summed E-state index contributed by atoms with van der Waals surface area (Å²) in [5.74, 6) is 2.01. The van der Waals surface area contributed by atoms with Gasteiger partial charge in [-0.3, -0.25) is 4.79 Å². The van der Waals surface area contributed by atoms with E-state index in [1.807, 2.05) is 19.1 Å². The summed E-state index contributed by atoms with van der Waals surface area (Å²) >= 11 is 0. The lowest BCUT2D eigenvalue weighted by Crippen LogP contribution is -2.45. The Bertz CT molecular complexity index is 498. The third-order valence-electron chi connectivity index (χ3n) is 4.74. The van der Waals surface area contributed by atoms with Gasteiger partial charge in [0, 0.05) is 6.04 Å². The zero-order valence-electron chi connectivity index (χ0n) is 13.6. The summed E-state index contributed by atoms with van der Waals surface area (Å²) < 4.78 is 5.65. The fraction of sp³-hybridized carbons (Fsp3) is 0.611. The topological polar surface area (TPSA) is 38.3 Å². The smallest absolute Gasteiger partial charge is 0.258 e. The van der Waals surface area contributed by atoms with Crippen LogP contribution in [0.25, 0.3) is 0 Å². The van der Waals surface area contributed by atoms with Crippen LogP contribution in [0.4, 0.5) is 0 Å². The van der Waals surface area contributed by atoms with Gasteiger partial charge in [0.05, 0.1) is 0 Å². The molecule has 1 saturated carbocycles. The second-order valence-corrected chi connectivity index (χ2v) is 6.50. The summed E-state index contributed by atoms with van der Waals surface area (Å²) in [4.78, 5) is 12.1. The first-order chi connectivity index (χ1) is 9.97. The molecule has 1 amide bonds. The van der Waals surface area contributed by atoms with Crippen LogP contribution in [-0.4, -0.2) is 18.6 Å². The van der Waals surface area contributed by atoms with Crippen LogP contribution < -0.4 is 10.1 Å². The first-order valence-corrected chi connectivity index (χ1v) is 7.97. The molecule has 1 N–H and O–H groups in total. The summed E-state index contributed by atoms with van der Waals surface area (Å²) in [7, 11) is 0. The molecule has 1 aliphatic carbocycles. The largest absolute Gasteiger partial charge is 0.484 e. The average molecular weight is 289 g/mol. The Kier molecular flexibility index (Phi) is 5.27. The number of hydrogen-bond acceptors (Lipinski definition) is 2. The molecule has 0 radical (unpaired) electrons. The maximum Gasteiger partial charge on any atom is 0.258 e. The van der Waals surface area contributed by atoms with E-state index in [0.29, 0.717) is 17.9 Å². The molecule has 0 aliphatic heterocycles. The zero-order valence-corrected chi connectivity index (χ0v) is 13.6. The molecular formula is C18H27NO2. The van der Waals surface area contributed by atoms with Crippen molar-refractivity contribution in [3.8, 4) is 5.75 Å². The summed E-state index contributed by atoms with van der Waals surface area (Å²) in [5.41, 5.74) is 2.27. The van der Waals surface area contributed by atoms with Crippen molar-refractivity contribution >= 4 is 5.91 Å². The predicted octanol–water partition coefficient (Wildman–Crippen LogP) is 3.62. The molecule has 1 aliphatic rings. The highest BCUT2D eigenvalue weighted by molar-refractivity contribution is 5.77. The summed E-state index contributed by atoms with van der Waals surface area (Å²) in [6, 6.07) is 6.30. The van der Waals surface area contributed by atoms with Crippen molar-refractivity contribution in [3.05, 3.63) is 29.3 Å². The summed E-state index contributed by atoms with van der Waals surface area (Å²) in [5, 5.41) is 3.14. The van der Waals surface area contributed by atoms with Crippen LogP contribution in [-0.2, 0) is 4.79 Å². The lowest BCUT2D eigenvalue weighted by atomic mass is 9.78. The number of hydrogen-bond donors (Lipinski definition) is 1. The Morgan fingerprint density at radius 1 is 1.29 bits per heavy atom. The van der Waals surface area contributed by atoms with E-state index in [2.05, 4.69) is 32.2 Å². The van der Waals surface area contributed by atoms with Gasteiger partial charge in [0.25, 0.3) is 5.91 Å². The van der Waals surface area contributed by atoms with Gasteiger partial charge >= 0.3 is 0 Å². The van der Waals surface area contributed by atoms with Crippen LogP contribution in [0.2, 0.25) is 0 Å². The van der Waals surface area contributed by atoms with E-state index in [4.69, 9.17) is 4.74 Å². The molecular weight excluding hydrogens is 262 g/mol. The number of nitrogens with one attached hydrogen (secondary N) is 1. The lowest BCUT2D eigenvalue weighted by Gasteiger charge is -2.34. The van der Waals surface area contributed by atoms with Gasteiger partial charge in [-0.25, -0.2) is 0 Å². The minimum atomic E-state index is -0.0130. The fourth-order valence-corrected chi connectivity index (χ4v) is 3.14. The quantitative estimate of drug-likeness (QED) is 0.919. The molecule has 3 atom stereocenters. The number of amides is 1. The molecule has 0 spiro atoms. The van der Waals surface area contributed by atoms with Crippen molar-refractivity contribution in [3.63, 3.8) is 0 Å². The average Bonchev–Trinajstić information content (AvgIpc) is 2.43. The zero-order chi connectivity index (χ0) is 15.4. The van der Waals surface area contributed by atoms with E-state index < -0.39 is 0 Å². The fourth-order valence-electron chi connectivity index (χ4n) is 3.14. The lowest BCUT2D eigenvalue weighted by molar-refractivity contribution is -0.124. The Labute approximate surface area is 128 Å². The van der Waals surface area contributed by atoms with Crippen LogP contribution >= 0.6 is 0 Å². The van der Waals surface area contributed by atoms with Crippen molar-refractivity contribution in [2.75, 3.05) is 6.61 Å². The number of carbonyl (C=O) groups excluding carboxylic acids is 1. The van der Waals surface area contributed by atoms with Gasteiger partial charge in [-0.05, 0) is 43.7 Å². The van der Waals surface area contributed by atoms with E-state index >= 15 is 0 Å². The summed E-state index contributed by atoms with van der Waals surface area (Å²) in [6.45, 7) is 8.66. The van der Waals surface area contributed by atoms with Crippen LogP contribution in [0.15, 0.2) is 18.2 Å². The third-order valence-corrected chi connectivity index (χ3v) is 4.74. The minimum absolute atomic E-state index is 0.0130. The number of benzene rings is 1. The van der Waals surface area contributed by atoms with Crippen molar-refractivity contribution in [2.24, 2.45) is 11.8 Å². The van der Waals surface area contributed by atoms with E-state index in [-0.39, 0.29) is 12.5 Å². The molecule has 3 heteroatoms. The van der Waals surface area contributed by atoms with Gasteiger partial charge < -0.3 is 10.1 Å². The molecule has 0 aromatic heterocycles. The van der Waals surface area contributed by atoms with E-state index in [1.54, 1.807) is 0 Å². The molecule has 1 aromatic rings. The number of aryl methyl sites for hydroxylation is 2. The van der Waals surface area contributed by atoms with Crippen LogP contribution in [0.3, 0.4) is 0 Å². The number of ether oxygens (including phenoxy) is 1. The predicted molar refractivity (Wildman–Crippen MR) is 85.5 cm³/mol. The van der Waals surface area contributed by atoms with Crippen LogP contribution in [0.5, 0.6) is 5.75 Å². The molecule has 0 saturated heterocycles. The van der Waals surface area contributed by atoms with E-state index in [1.165, 1.54) is 18.4 Å². The van der Waals surface area contributed by atoms with Gasteiger partial charge in [-0.1, -0.05) is 44.4 Å². The summed E-state index contributed by atoms with van der Waals surface area (Å²) in [6.07, 6.45) is 3.56. The molecule has 0 heterocycles. The van der Waals surface area contributed by atoms with E-state index in [0.717, 1.165) is 17.7 Å². The molecule has 3 nitrogen and oxygen atoms in total. The van der Waals surface area contributed by atoms with Gasteiger partial charge in [-0.15, -0.1) is 0 Å². The molecule has 3 unspecified atom stereocenters. The highest BCUT2D eigenvalue weighted by atomic mass is 16.5. The molecule has 1 aromatic carbocycles. The number of rotatable bonds is 4. The highest BCUT2D eigenvalue weighted by Gasteiger charge is 2.28. The van der Waals surface area contributed by atoms with Gasteiger partial charge in [0.1, 0.15) is 5.75 Å². The highest BCUT2D eigenvalue weighted by Crippen LogP contribution is 2.29. The van der Waals surface area contributed by atoms with Crippen molar-refractivity contribution < 1.29 is 9.53 Å². The maximum absolute atomic E-state index is 12.1. The first-order valence-electron chi connectivity index (χ1n) is 7.97. The van der Waals surface area contributed by atoms with Crippen molar-refractivity contribution in [2.45, 2.75) is 53.0 Å². The van der Waals surface area contributed by atoms with Gasteiger partial charge in [0.2, 0.25) is 0 Å². The first kappa shape index (κ1) is 15.9. The second-order valence-electron chi connectivity index (χ2n) is 6.50. The third kappa shape index (κ3) is 4.23. The molecule has 116 valence electrons. The van der Waals surface area contributed by atoms with Crippen molar-refractivity contribution in [1.82, 2.24) is 5.32 Å². The molecule has 2 rings (SSSR count).